The van der Waals surface area contributed by atoms with E-state index in [9.17, 15) is 4.79 Å². The van der Waals surface area contributed by atoms with Crippen LogP contribution in [0.25, 0.3) is 0 Å². The second kappa shape index (κ2) is 6.38. The van der Waals surface area contributed by atoms with Gasteiger partial charge in [0, 0.05) is 19.1 Å². The summed E-state index contributed by atoms with van der Waals surface area (Å²) in [6.07, 6.45) is 5.41. The van der Waals surface area contributed by atoms with E-state index in [1.54, 1.807) is 11.8 Å². The molecule has 2 atom stereocenters. The Hall–Kier alpha value is -0.220. The van der Waals surface area contributed by atoms with Gasteiger partial charge in [-0.15, -0.1) is 0 Å². The minimum absolute atomic E-state index is 0.257. The number of nitrogens with two attached hydrogens (primary N) is 1. The summed E-state index contributed by atoms with van der Waals surface area (Å²) in [5.41, 5.74) is 5.74. The highest BCUT2D eigenvalue weighted by Gasteiger charge is 2.29. The van der Waals surface area contributed by atoms with Crippen LogP contribution in [-0.4, -0.2) is 41.9 Å². The highest BCUT2D eigenvalue weighted by atomic mass is 32.2. The predicted octanol–water partition coefficient (Wildman–Crippen LogP) is 1.33. The molecule has 2 unspecified atom stereocenters. The average Bonchev–Trinajstić information content (AvgIpc) is 2.28. The van der Waals surface area contributed by atoms with Gasteiger partial charge in [-0.3, -0.25) is 4.79 Å². The fourth-order valence-corrected chi connectivity index (χ4v) is 2.68. The molecule has 1 aliphatic heterocycles. The first-order chi connectivity index (χ1) is 7.22. The maximum atomic E-state index is 11.8. The van der Waals surface area contributed by atoms with Gasteiger partial charge in [0.05, 0.1) is 5.75 Å². The van der Waals surface area contributed by atoms with Crippen LogP contribution >= 0.6 is 11.8 Å². The van der Waals surface area contributed by atoms with Crippen LogP contribution in [-0.2, 0) is 4.79 Å². The van der Waals surface area contributed by atoms with Crippen LogP contribution in [0.3, 0.4) is 0 Å². The molecule has 0 aromatic heterocycles. The van der Waals surface area contributed by atoms with Crippen molar-refractivity contribution < 1.29 is 4.79 Å². The zero-order chi connectivity index (χ0) is 11.3. The average molecular weight is 230 g/mol. The van der Waals surface area contributed by atoms with Gasteiger partial charge in [-0.05, 0) is 25.0 Å². The largest absolute Gasteiger partial charge is 0.338 e. The van der Waals surface area contributed by atoms with Crippen LogP contribution < -0.4 is 5.73 Å². The number of likely N-dealkylation sites (tertiary alicyclic amines) is 1. The number of hydrogen-bond donors (Lipinski definition) is 1. The third-order valence-electron chi connectivity index (χ3n) is 3.26. The van der Waals surface area contributed by atoms with Gasteiger partial charge in [-0.25, -0.2) is 0 Å². The molecule has 0 aliphatic carbocycles. The molecule has 88 valence electrons. The number of piperidine rings is 1. The summed E-state index contributed by atoms with van der Waals surface area (Å²) in [7, 11) is 0. The number of carbonyl (C=O) groups excluding carboxylic acids is 1. The topological polar surface area (TPSA) is 46.3 Å². The van der Waals surface area contributed by atoms with Crippen molar-refractivity contribution in [3.05, 3.63) is 0 Å². The van der Waals surface area contributed by atoms with Crippen LogP contribution in [0.15, 0.2) is 0 Å². The molecule has 1 saturated heterocycles. The Kier molecular flexibility index (Phi) is 5.47. The van der Waals surface area contributed by atoms with Crippen molar-refractivity contribution in [1.29, 1.82) is 0 Å². The molecule has 0 saturated carbocycles. The lowest BCUT2D eigenvalue weighted by Gasteiger charge is -2.38. The summed E-state index contributed by atoms with van der Waals surface area (Å²) in [6.45, 7) is 3.73. The highest BCUT2D eigenvalue weighted by Crippen LogP contribution is 2.25. The predicted molar refractivity (Wildman–Crippen MR) is 66.0 cm³/mol. The van der Waals surface area contributed by atoms with Crippen molar-refractivity contribution >= 4 is 17.7 Å². The molecular weight excluding hydrogens is 208 g/mol. The van der Waals surface area contributed by atoms with E-state index in [4.69, 9.17) is 5.73 Å². The molecule has 0 spiro atoms. The number of amides is 1. The molecule has 1 rings (SSSR count). The molecule has 1 heterocycles. The monoisotopic (exact) mass is 230 g/mol. The minimum atomic E-state index is 0.257. The van der Waals surface area contributed by atoms with E-state index in [1.165, 1.54) is 6.42 Å². The number of thioether (sulfide) groups is 1. The SMILES string of the molecule is CCC1CCN(C(=O)CSC)C(CN)C1. The van der Waals surface area contributed by atoms with Crippen molar-refractivity contribution in [3.63, 3.8) is 0 Å². The normalized spacial score (nSPS) is 26.7. The van der Waals surface area contributed by atoms with Crippen LogP contribution in [0.2, 0.25) is 0 Å². The maximum absolute atomic E-state index is 11.8. The lowest BCUT2D eigenvalue weighted by atomic mass is 9.89. The first kappa shape index (κ1) is 12.8. The van der Waals surface area contributed by atoms with Crippen molar-refractivity contribution in [3.8, 4) is 0 Å². The summed E-state index contributed by atoms with van der Waals surface area (Å²) in [6, 6.07) is 0.281. The van der Waals surface area contributed by atoms with Gasteiger partial charge in [0.1, 0.15) is 0 Å². The molecular formula is C11H22N2OS. The van der Waals surface area contributed by atoms with Crippen LogP contribution in [0, 0.1) is 5.92 Å². The lowest BCUT2D eigenvalue weighted by Crippen LogP contribution is -2.50. The van der Waals surface area contributed by atoms with Gasteiger partial charge in [0.15, 0.2) is 0 Å². The van der Waals surface area contributed by atoms with Gasteiger partial charge in [-0.2, -0.15) is 11.8 Å². The molecule has 2 N–H and O–H groups in total. The fraction of sp³-hybridized carbons (Fsp3) is 0.909. The summed E-state index contributed by atoms with van der Waals surface area (Å²) in [4.78, 5) is 13.8. The van der Waals surface area contributed by atoms with E-state index in [0.29, 0.717) is 12.3 Å². The van der Waals surface area contributed by atoms with E-state index < -0.39 is 0 Å². The molecule has 1 amide bonds. The summed E-state index contributed by atoms with van der Waals surface area (Å²) in [5.74, 6) is 1.61. The summed E-state index contributed by atoms with van der Waals surface area (Å²) in [5, 5.41) is 0. The van der Waals surface area contributed by atoms with Gasteiger partial charge >= 0.3 is 0 Å². The Labute approximate surface area is 96.8 Å². The van der Waals surface area contributed by atoms with Crippen LogP contribution in [0.4, 0.5) is 0 Å². The summed E-state index contributed by atoms with van der Waals surface area (Å²) >= 11 is 1.59. The number of hydrogen-bond acceptors (Lipinski definition) is 3. The Morgan fingerprint density at radius 3 is 2.87 bits per heavy atom. The fourth-order valence-electron chi connectivity index (χ4n) is 2.26. The molecule has 3 nitrogen and oxygen atoms in total. The van der Waals surface area contributed by atoms with E-state index >= 15 is 0 Å². The van der Waals surface area contributed by atoms with Gasteiger partial charge in [0.25, 0.3) is 0 Å². The van der Waals surface area contributed by atoms with Gasteiger partial charge in [0.2, 0.25) is 5.91 Å². The van der Waals surface area contributed by atoms with E-state index in [0.717, 1.165) is 25.3 Å². The number of rotatable bonds is 4. The van der Waals surface area contributed by atoms with Crippen LogP contribution in [0.1, 0.15) is 26.2 Å². The second-order valence-electron chi connectivity index (χ2n) is 4.21. The summed E-state index contributed by atoms with van der Waals surface area (Å²) < 4.78 is 0. The zero-order valence-corrected chi connectivity index (χ0v) is 10.6. The highest BCUT2D eigenvalue weighted by molar-refractivity contribution is 7.99. The van der Waals surface area contributed by atoms with Crippen LogP contribution in [0.5, 0.6) is 0 Å². The van der Waals surface area contributed by atoms with Crippen molar-refractivity contribution in [2.24, 2.45) is 11.7 Å². The van der Waals surface area contributed by atoms with E-state index in [-0.39, 0.29) is 11.9 Å². The van der Waals surface area contributed by atoms with Crippen molar-refractivity contribution in [1.82, 2.24) is 4.90 Å². The van der Waals surface area contributed by atoms with E-state index in [1.807, 2.05) is 11.2 Å². The molecule has 0 radical (unpaired) electrons. The van der Waals surface area contributed by atoms with E-state index in [2.05, 4.69) is 6.92 Å². The lowest BCUT2D eigenvalue weighted by molar-refractivity contribution is -0.132. The smallest absolute Gasteiger partial charge is 0.232 e. The maximum Gasteiger partial charge on any atom is 0.232 e. The molecule has 0 aromatic carbocycles. The molecule has 15 heavy (non-hydrogen) atoms. The Bertz CT molecular complexity index is 211. The van der Waals surface area contributed by atoms with Crippen molar-refractivity contribution in [2.75, 3.05) is 25.1 Å². The van der Waals surface area contributed by atoms with Gasteiger partial charge in [-0.1, -0.05) is 13.3 Å². The molecule has 0 bridgehead atoms. The molecule has 1 fully saturated rings. The van der Waals surface area contributed by atoms with Crippen molar-refractivity contribution in [2.45, 2.75) is 32.2 Å². The third-order valence-corrected chi connectivity index (χ3v) is 3.80. The number of nitrogens with zero attached hydrogens (tertiary/aromatic N) is 1. The Morgan fingerprint density at radius 1 is 1.60 bits per heavy atom. The third kappa shape index (κ3) is 3.38. The first-order valence-electron chi connectivity index (χ1n) is 5.71. The Morgan fingerprint density at radius 2 is 2.33 bits per heavy atom. The number of carbonyl (C=O) groups is 1. The zero-order valence-electron chi connectivity index (χ0n) is 9.74. The minimum Gasteiger partial charge on any atom is -0.338 e. The standard InChI is InChI=1S/C11H22N2OS/c1-3-9-4-5-13(10(6-9)7-12)11(14)8-15-2/h9-10H,3-8,12H2,1-2H3. The quantitative estimate of drug-likeness (QED) is 0.792. The molecule has 1 aliphatic rings. The molecule has 0 aromatic rings. The Balaban J connectivity index is 2.53. The van der Waals surface area contributed by atoms with Gasteiger partial charge < -0.3 is 10.6 Å². The first-order valence-corrected chi connectivity index (χ1v) is 7.10. The molecule has 4 heteroatoms. The second-order valence-corrected chi connectivity index (χ2v) is 5.07.